The Morgan fingerprint density at radius 2 is 1.62 bits per heavy atom. The molecule has 1 aliphatic rings. The molecule has 0 bridgehead atoms. The lowest BCUT2D eigenvalue weighted by Gasteiger charge is -2.29. The summed E-state index contributed by atoms with van der Waals surface area (Å²) in [5, 5.41) is 9.20. The van der Waals surface area contributed by atoms with E-state index in [1.165, 1.54) is 57.8 Å². The summed E-state index contributed by atoms with van der Waals surface area (Å²) < 4.78 is 0. The van der Waals surface area contributed by atoms with E-state index >= 15 is 0 Å². The van der Waals surface area contributed by atoms with E-state index in [1.807, 2.05) is 0 Å². The van der Waals surface area contributed by atoms with Gasteiger partial charge in [-0.05, 0) is 13.0 Å². The van der Waals surface area contributed by atoms with E-state index < -0.39 is 0 Å². The molecule has 1 rings (SSSR count). The number of unbranched alkanes of at least 4 members (excludes halogenated alkanes) is 7. The van der Waals surface area contributed by atoms with Crippen molar-refractivity contribution >= 4 is 11.6 Å². The molecule has 0 aliphatic carbocycles. The van der Waals surface area contributed by atoms with Crippen molar-refractivity contribution in [2.75, 3.05) is 26.2 Å². The van der Waals surface area contributed by atoms with Crippen molar-refractivity contribution in [3.63, 3.8) is 0 Å². The number of hydrogen-bond acceptors (Lipinski definition) is 3. The fourth-order valence-electron chi connectivity index (χ4n) is 3.40. The summed E-state index contributed by atoms with van der Waals surface area (Å²) in [6.45, 7) is 7.31. The molecule has 21 heavy (non-hydrogen) atoms. The highest BCUT2D eigenvalue weighted by Gasteiger charge is 2.36. The summed E-state index contributed by atoms with van der Waals surface area (Å²) in [5.41, 5.74) is 0.112. The van der Waals surface area contributed by atoms with Crippen LogP contribution in [0.4, 0.5) is 0 Å². The highest BCUT2D eigenvalue weighted by atomic mass is 35.5. The Balaban J connectivity index is 2.18. The van der Waals surface area contributed by atoms with Gasteiger partial charge in [0.1, 0.15) is 0 Å². The average molecular weight is 319 g/mol. The second-order valence-corrected chi connectivity index (χ2v) is 6.73. The predicted octanol–water partition coefficient (Wildman–Crippen LogP) is 4.04. The van der Waals surface area contributed by atoms with Crippen LogP contribution in [0.2, 0.25) is 0 Å². The van der Waals surface area contributed by atoms with E-state index in [4.69, 9.17) is 11.6 Å². The van der Waals surface area contributed by atoms with Crippen LogP contribution in [0.3, 0.4) is 0 Å². The van der Waals surface area contributed by atoms with Crippen molar-refractivity contribution in [1.29, 1.82) is 0 Å². The Kier molecular flexibility index (Phi) is 10.7. The third-order valence-corrected chi connectivity index (χ3v) is 5.01. The van der Waals surface area contributed by atoms with Gasteiger partial charge in [-0.15, -0.1) is 11.6 Å². The number of alkyl halides is 1. The zero-order valence-electron chi connectivity index (χ0n) is 14.1. The maximum absolute atomic E-state index is 9.20. The SMILES string of the molecule is CCCCCCCCCCC1N(CCO)CC(Cl)N1CC. The van der Waals surface area contributed by atoms with Crippen LogP contribution in [0.5, 0.6) is 0 Å². The molecule has 0 aromatic carbocycles. The monoisotopic (exact) mass is 318 g/mol. The van der Waals surface area contributed by atoms with Gasteiger partial charge < -0.3 is 5.11 Å². The highest BCUT2D eigenvalue weighted by molar-refractivity contribution is 6.20. The highest BCUT2D eigenvalue weighted by Crippen LogP contribution is 2.26. The van der Waals surface area contributed by atoms with Crippen LogP contribution in [0, 0.1) is 0 Å². The maximum Gasteiger partial charge on any atom is 0.0991 e. The van der Waals surface area contributed by atoms with Crippen molar-refractivity contribution in [3.05, 3.63) is 0 Å². The van der Waals surface area contributed by atoms with Crippen LogP contribution < -0.4 is 0 Å². The Hall–Kier alpha value is 0.170. The van der Waals surface area contributed by atoms with E-state index in [0.29, 0.717) is 6.17 Å². The number of hydrogen-bond donors (Lipinski definition) is 1. The molecule has 0 aromatic heterocycles. The molecule has 1 fully saturated rings. The van der Waals surface area contributed by atoms with E-state index in [9.17, 15) is 5.11 Å². The van der Waals surface area contributed by atoms with Gasteiger partial charge in [0, 0.05) is 13.1 Å². The molecule has 2 unspecified atom stereocenters. The Labute approximate surface area is 136 Å². The summed E-state index contributed by atoms with van der Waals surface area (Å²) in [5.74, 6) is 0. The Bertz CT molecular complexity index is 253. The molecule has 4 heteroatoms. The molecule has 1 heterocycles. The summed E-state index contributed by atoms with van der Waals surface area (Å²) >= 11 is 6.42. The topological polar surface area (TPSA) is 26.7 Å². The molecule has 0 radical (unpaired) electrons. The fourth-order valence-corrected chi connectivity index (χ4v) is 3.85. The van der Waals surface area contributed by atoms with Crippen LogP contribution in [0.15, 0.2) is 0 Å². The van der Waals surface area contributed by atoms with E-state index in [-0.39, 0.29) is 12.1 Å². The lowest BCUT2D eigenvalue weighted by Crippen LogP contribution is -2.40. The van der Waals surface area contributed by atoms with Crippen molar-refractivity contribution in [3.8, 4) is 0 Å². The van der Waals surface area contributed by atoms with Crippen LogP contribution in [-0.2, 0) is 0 Å². The van der Waals surface area contributed by atoms with E-state index in [1.54, 1.807) is 0 Å². The van der Waals surface area contributed by atoms with Gasteiger partial charge in [0.2, 0.25) is 0 Å². The van der Waals surface area contributed by atoms with E-state index in [0.717, 1.165) is 19.6 Å². The molecule has 1 saturated heterocycles. The molecule has 0 spiro atoms. The van der Waals surface area contributed by atoms with Crippen LogP contribution in [-0.4, -0.2) is 52.8 Å². The number of aliphatic hydroxyl groups is 1. The van der Waals surface area contributed by atoms with Gasteiger partial charge in [0.05, 0.1) is 18.3 Å². The molecule has 0 saturated carbocycles. The second-order valence-electron chi connectivity index (χ2n) is 6.23. The molecule has 2 atom stereocenters. The van der Waals surface area contributed by atoms with Gasteiger partial charge in [-0.3, -0.25) is 9.80 Å². The van der Waals surface area contributed by atoms with Crippen molar-refractivity contribution in [1.82, 2.24) is 9.80 Å². The lowest BCUT2D eigenvalue weighted by atomic mass is 10.1. The number of rotatable bonds is 12. The minimum Gasteiger partial charge on any atom is -0.395 e. The van der Waals surface area contributed by atoms with Gasteiger partial charge in [0.25, 0.3) is 0 Å². The third-order valence-electron chi connectivity index (χ3n) is 4.62. The van der Waals surface area contributed by atoms with Crippen molar-refractivity contribution in [2.24, 2.45) is 0 Å². The van der Waals surface area contributed by atoms with Crippen LogP contribution >= 0.6 is 11.6 Å². The molecule has 126 valence electrons. The number of β-amino-alcohol motifs (C(OH)–C–C–N with tert-alkyl or cyclic N) is 1. The van der Waals surface area contributed by atoms with Crippen molar-refractivity contribution < 1.29 is 5.11 Å². The first-order chi connectivity index (χ1) is 10.2. The first-order valence-electron chi connectivity index (χ1n) is 8.99. The van der Waals surface area contributed by atoms with E-state index in [2.05, 4.69) is 23.6 Å². The average Bonchev–Trinajstić information content (AvgIpc) is 2.77. The lowest BCUT2D eigenvalue weighted by molar-refractivity contribution is 0.106. The minimum absolute atomic E-state index is 0.112. The standard InChI is InChI=1S/C17H35ClN2O/c1-3-5-6-7-8-9-10-11-12-17-19(13-14-21)15-16(18)20(17)4-2/h16-17,21H,3-15H2,1-2H3. The summed E-state index contributed by atoms with van der Waals surface area (Å²) in [7, 11) is 0. The second kappa shape index (κ2) is 11.7. The zero-order valence-corrected chi connectivity index (χ0v) is 14.8. The predicted molar refractivity (Wildman–Crippen MR) is 91.7 cm³/mol. The number of nitrogens with zero attached hydrogens (tertiary/aromatic N) is 2. The summed E-state index contributed by atoms with van der Waals surface area (Å²) in [4.78, 5) is 4.72. The molecule has 0 aromatic rings. The van der Waals surface area contributed by atoms with Gasteiger partial charge in [-0.2, -0.15) is 0 Å². The summed E-state index contributed by atoms with van der Waals surface area (Å²) in [6, 6.07) is 0. The van der Waals surface area contributed by atoms with Crippen molar-refractivity contribution in [2.45, 2.75) is 83.3 Å². The molecule has 0 amide bonds. The van der Waals surface area contributed by atoms with Crippen LogP contribution in [0.1, 0.15) is 71.6 Å². The molecular formula is C17H35ClN2O. The van der Waals surface area contributed by atoms with Gasteiger partial charge in [0.15, 0.2) is 0 Å². The van der Waals surface area contributed by atoms with Gasteiger partial charge in [-0.1, -0.05) is 65.2 Å². The Morgan fingerprint density at radius 1 is 1.00 bits per heavy atom. The fraction of sp³-hybridized carbons (Fsp3) is 1.00. The smallest absolute Gasteiger partial charge is 0.0991 e. The zero-order chi connectivity index (χ0) is 15.5. The first-order valence-corrected chi connectivity index (χ1v) is 9.42. The number of aliphatic hydroxyl groups excluding tert-OH is 1. The maximum atomic E-state index is 9.20. The molecular weight excluding hydrogens is 284 g/mol. The minimum atomic E-state index is 0.112. The normalized spacial score (nSPS) is 24.0. The number of halogens is 1. The third kappa shape index (κ3) is 6.85. The largest absolute Gasteiger partial charge is 0.395 e. The van der Waals surface area contributed by atoms with Gasteiger partial charge >= 0.3 is 0 Å². The molecule has 3 nitrogen and oxygen atoms in total. The quantitative estimate of drug-likeness (QED) is 0.334. The van der Waals surface area contributed by atoms with Crippen LogP contribution in [0.25, 0.3) is 0 Å². The summed E-state index contributed by atoms with van der Waals surface area (Å²) in [6.07, 6.45) is 12.5. The molecule has 1 N–H and O–H groups in total. The first kappa shape index (κ1) is 19.2. The van der Waals surface area contributed by atoms with Gasteiger partial charge in [-0.25, -0.2) is 0 Å². The number of likely N-dealkylation sites (N-methyl/N-ethyl adjacent to an activating group) is 1. The Morgan fingerprint density at radius 3 is 2.19 bits per heavy atom. The molecule has 1 aliphatic heterocycles.